The second kappa shape index (κ2) is 13.7. The number of hydrogen-bond donors (Lipinski definition) is 4. The second-order valence-corrected chi connectivity index (χ2v) is 11.1. The molecule has 0 aromatic heterocycles. The largest absolute Gasteiger partial charge is 0.488 e. The summed E-state index contributed by atoms with van der Waals surface area (Å²) in [5.74, 6) is 0.305. The molecule has 10 nitrogen and oxygen atoms in total. The Morgan fingerprint density at radius 3 is 2.55 bits per heavy atom. The average Bonchev–Trinajstić information content (AvgIpc) is 2.91. The van der Waals surface area contributed by atoms with Gasteiger partial charge in [-0.05, 0) is 51.8 Å². The number of likely N-dealkylation sites (N-methyl/N-ethyl adjacent to an activating group) is 1. The molecule has 1 heterocycles. The Balaban J connectivity index is 1.83. The van der Waals surface area contributed by atoms with Gasteiger partial charge < -0.3 is 35.6 Å². The fourth-order valence-corrected chi connectivity index (χ4v) is 5.04. The van der Waals surface area contributed by atoms with Crippen LogP contribution in [0.2, 0.25) is 0 Å². The summed E-state index contributed by atoms with van der Waals surface area (Å²) in [5.41, 5.74) is 1.19. The molecular weight excluding hydrogens is 486 g/mol. The van der Waals surface area contributed by atoms with Crippen molar-refractivity contribution in [2.45, 2.75) is 90.4 Å². The van der Waals surface area contributed by atoms with E-state index in [1.54, 1.807) is 35.0 Å². The molecule has 0 radical (unpaired) electrons. The van der Waals surface area contributed by atoms with E-state index < -0.39 is 6.10 Å². The maximum absolute atomic E-state index is 13.4. The molecule has 5 amide bonds. The number of carbonyl (C=O) groups is 3. The predicted molar refractivity (Wildman–Crippen MR) is 147 cm³/mol. The van der Waals surface area contributed by atoms with Gasteiger partial charge in [0.15, 0.2) is 0 Å². The van der Waals surface area contributed by atoms with Gasteiger partial charge in [0.05, 0.1) is 25.6 Å². The zero-order valence-electron chi connectivity index (χ0n) is 23.5. The Kier molecular flexibility index (Phi) is 10.6. The monoisotopic (exact) mass is 531 g/mol. The van der Waals surface area contributed by atoms with E-state index in [-0.39, 0.29) is 55.0 Å². The van der Waals surface area contributed by atoms with Gasteiger partial charge in [0, 0.05) is 42.8 Å². The molecule has 0 spiro atoms. The van der Waals surface area contributed by atoms with Crippen LogP contribution in [-0.2, 0) is 11.2 Å². The first kappa shape index (κ1) is 29.5. The van der Waals surface area contributed by atoms with Gasteiger partial charge >= 0.3 is 12.1 Å². The van der Waals surface area contributed by atoms with E-state index in [0.29, 0.717) is 30.1 Å². The zero-order valence-corrected chi connectivity index (χ0v) is 23.5. The molecule has 1 aromatic rings. The third kappa shape index (κ3) is 8.24. The van der Waals surface area contributed by atoms with Crippen LogP contribution in [0.3, 0.4) is 0 Å². The zero-order chi connectivity index (χ0) is 27.8. The van der Waals surface area contributed by atoms with Gasteiger partial charge in [0.2, 0.25) is 5.91 Å². The number of benzene rings is 1. The van der Waals surface area contributed by atoms with Crippen LogP contribution in [0.1, 0.15) is 65.4 Å². The first-order valence-corrected chi connectivity index (χ1v) is 13.9. The number of amides is 5. The Morgan fingerprint density at radius 2 is 1.89 bits per heavy atom. The maximum Gasteiger partial charge on any atom is 0.319 e. The standard InChI is InChI=1S/C28H45N5O5/c1-18(2)29-27(36)30-23-11-12-24-21(13-23)14-26(35)33(20(4)17-34)15-19(3)25(38-24)16-32(5)28(37)31-22-9-7-6-8-10-22/h11-13,18-20,22,25,34H,6-10,14-17H2,1-5H3,(H,31,37)(H2,29,30,36)/t19-,20+,25+/m1/s1. The molecule has 1 aliphatic carbocycles. The van der Waals surface area contributed by atoms with Gasteiger partial charge in [-0.2, -0.15) is 0 Å². The molecule has 38 heavy (non-hydrogen) atoms. The highest BCUT2D eigenvalue weighted by molar-refractivity contribution is 5.90. The number of ether oxygens (including phenoxy) is 1. The van der Waals surface area contributed by atoms with Crippen molar-refractivity contribution in [2.24, 2.45) is 5.92 Å². The summed E-state index contributed by atoms with van der Waals surface area (Å²) in [4.78, 5) is 41.9. The van der Waals surface area contributed by atoms with Crippen LogP contribution in [0, 0.1) is 5.92 Å². The Morgan fingerprint density at radius 1 is 1.18 bits per heavy atom. The quantitative estimate of drug-likeness (QED) is 0.430. The lowest BCUT2D eigenvalue weighted by Gasteiger charge is -2.34. The summed E-state index contributed by atoms with van der Waals surface area (Å²) in [7, 11) is 1.77. The van der Waals surface area contributed by atoms with Gasteiger partial charge in [0.1, 0.15) is 11.9 Å². The molecule has 3 atom stereocenters. The molecular formula is C28H45N5O5. The summed E-state index contributed by atoms with van der Waals surface area (Å²) in [6, 6.07) is 4.63. The summed E-state index contributed by atoms with van der Waals surface area (Å²) < 4.78 is 6.48. The number of fused-ring (bicyclic) bond motifs is 1. The van der Waals surface area contributed by atoms with Gasteiger partial charge in [-0.15, -0.1) is 0 Å². The highest BCUT2D eigenvalue weighted by Gasteiger charge is 2.32. The van der Waals surface area contributed by atoms with Crippen LogP contribution >= 0.6 is 0 Å². The lowest BCUT2D eigenvalue weighted by molar-refractivity contribution is -0.134. The van der Waals surface area contributed by atoms with Gasteiger partial charge in [0.25, 0.3) is 0 Å². The molecule has 1 aromatic carbocycles. The Labute approximate surface area is 226 Å². The minimum absolute atomic E-state index is 0.0177. The van der Waals surface area contributed by atoms with Crippen molar-refractivity contribution in [3.63, 3.8) is 0 Å². The summed E-state index contributed by atoms with van der Waals surface area (Å²) in [5, 5.41) is 18.6. The SMILES string of the molecule is CC(C)NC(=O)Nc1ccc2c(c1)CC(=O)N([C@@H](C)CO)C[C@@H](C)[C@H](CN(C)C(=O)NC1CCCCC1)O2. The number of aliphatic hydroxyl groups excluding tert-OH is 1. The number of rotatable bonds is 7. The number of hydrogen-bond acceptors (Lipinski definition) is 5. The van der Waals surface area contributed by atoms with Gasteiger partial charge in [-0.3, -0.25) is 4.79 Å². The smallest absolute Gasteiger partial charge is 0.319 e. The summed E-state index contributed by atoms with van der Waals surface area (Å²) in [6.45, 7) is 8.14. The lowest BCUT2D eigenvalue weighted by atomic mass is 9.96. The molecule has 1 fully saturated rings. The number of nitrogens with zero attached hydrogens (tertiary/aromatic N) is 2. The minimum Gasteiger partial charge on any atom is -0.488 e. The minimum atomic E-state index is -0.391. The van der Waals surface area contributed by atoms with Crippen molar-refractivity contribution in [2.75, 3.05) is 32.1 Å². The van der Waals surface area contributed by atoms with Crippen LogP contribution in [0.4, 0.5) is 15.3 Å². The highest BCUT2D eigenvalue weighted by Crippen LogP contribution is 2.29. The normalized spacial score (nSPS) is 21.3. The van der Waals surface area contributed by atoms with Crippen LogP contribution < -0.4 is 20.7 Å². The van der Waals surface area contributed by atoms with Crippen LogP contribution in [0.25, 0.3) is 0 Å². The number of anilines is 1. The third-order valence-corrected chi connectivity index (χ3v) is 7.33. The lowest BCUT2D eigenvalue weighted by Crippen LogP contribution is -2.50. The number of urea groups is 2. The molecule has 3 rings (SSSR count). The molecule has 212 valence electrons. The molecule has 2 aliphatic rings. The second-order valence-electron chi connectivity index (χ2n) is 11.1. The van der Waals surface area contributed by atoms with Crippen molar-refractivity contribution >= 4 is 23.7 Å². The topological polar surface area (TPSA) is 123 Å². The van der Waals surface area contributed by atoms with E-state index in [1.165, 1.54) is 6.42 Å². The fraction of sp³-hybridized carbons (Fsp3) is 0.679. The van der Waals surface area contributed by atoms with E-state index in [2.05, 4.69) is 16.0 Å². The number of nitrogens with one attached hydrogen (secondary N) is 3. The molecule has 1 saturated carbocycles. The van der Waals surface area contributed by atoms with Crippen molar-refractivity contribution in [3.05, 3.63) is 23.8 Å². The Hall–Kier alpha value is -3.01. The molecule has 0 bridgehead atoms. The van der Waals surface area contributed by atoms with E-state index in [4.69, 9.17) is 4.74 Å². The molecule has 10 heteroatoms. The molecule has 0 unspecified atom stereocenters. The van der Waals surface area contributed by atoms with E-state index >= 15 is 0 Å². The highest BCUT2D eigenvalue weighted by atomic mass is 16.5. The predicted octanol–water partition coefficient (Wildman–Crippen LogP) is 3.34. The van der Waals surface area contributed by atoms with Crippen molar-refractivity contribution < 1.29 is 24.2 Å². The van der Waals surface area contributed by atoms with Crippen LogP contribution in [0.15, 0.2) is 18.2 Å². The van der Waals surface area contributed by atoms with E-state index in [1.807, 2.05) is 27.7 Å². The summed E-state index contributed by atoms with van der Waals surface area (Å²) in [6.07, 6.45) is 5.18. The average molecular weight is 532 g/mol. The Bertz CT molecular complexity index is 965. The fourth-order valence-electron chi connectivity index (χ4n) is 5.04. The molecule has 4 N–H and O–H groups in total. The van der Waals surface area contributed by atoms with E-state index in [9.17, 15) is 19.5 Å². The number of aliphatic hydroxyl groups is 1. The first-order valence-electron chi connectivity index (χ1n) is 13.9. The van der Waals surface area contributed by atoms with Gasteiger partial charge in [-0.25, -0.2) is 9.59 Å². The summed E-state index contributed by atoms with van der Waals surface area (Å²) >= 11 is 0. The van der Waals surface area contributed by atoms with Gasteiger partial charge in [-0.1, -0.05) is 26.2 Å². The first-order chi connectivity index (χ1) is 18.1. The van der Waals surface area contributed by atoms with Crippen molar-refractivity contribution in [1.82, 2.24) is 20.4 Å². The number of carbonyl (C=O) groups excluding carboxylic acids is 3. The molecule has 1 aliphatic heterocycles. The van der Waals surface area contributed by atoms with Crippen LogP contribution in [0.5, 0.6) is 5.75 Å². The van der Waals surface area contributed by atoms with Crippen molar-refractivity contribution in [1.29, 1.82) is 0 Å². The van der Waals surface area contributed by atoms with Crippen LogP contribution in [-0.4, -0.2) is 83.8 Å². The van der Waals surface area contributed by atoms with Crippen molar-refractivity contribution in [3.8, 4) is 5.75 Å². The maximum atomic E-state index is 13.4. The van der Waals surface area contributed by atoms with E-state index in [0.717, 1.165) is 25.7 Å². The third-order valence-electron chi connectivity index (χ3n) is 7.33. The molecule has 0 saturated heterocycles.